The zero-order valence-electron chi connectivity index (χ0n) is 9.65. The van der Waals surface area contributed by atoms with Gasteiger partial charge in [-0.25, -0.2) is 0 Å². The van der Waals surface area contributed by atoms with Crippen molar-refractivity contribution >= 4 is 5.78 Å². The average Bonchev–Trinajstić information content (AvgIpc) is 2.05. The van der Waals surface area contributed by atoms with Gasteiger partial charge in [0.05, 0.1) is 0 Å². The van der Waals surface area contributed by atoms with Gasteiger partial charge < -0.3 is 0 Å². The van der Waals surface area contributed by atoms with Crippen LogP contribution in [0.4, 0.5) is 0 Å². The van der Waals surface area contributed by atoms with Crippen molar-refractivity contribution in [2.45, 2.75) is 66.2 Å². The molecule has 0 saturated carbocycles. The van der Waals surface area contributed by atoms with Crippen LogP contribution in [0, 0.1) is 5.41 Å². The average molecular weight is 184 g/mol. The van der Waals surface area contributed by atoms with Crippen molar-refractivity contribution in [1.82, 2.24) is 0 Å². The molecule has 0 amide bonds. The molecule has 0 atom stereocenters. The van der Waals surface area contributed by atoms with E-state index in [4.69, 9.17) is 0 Å². The number of hydrogen-bond donors (Lipinski definition) is 0. The van der Waals surface area contributed by atoms with E-state index in [1.54, 1.807) is 6.92 Å². The molecule has 0 N–H and O–H groups in total. The highest BCUT2D eigenvalue weighted by atomic mass is 16.1. The maximum Gasteiger partial charge on any atom is 0.135 e. The molecule has 1 nitrogen and oxygen atoms in total. The monoisotopic (exact) mass is 184 g/mol. The molecule has 0 rings (SSSR count). The maximum absolute atomic E-state index is 11.6. The van der Waals surface area contributed by atoms with Gasteiger partial charge in [-0.1, -0.05) is 40.0 Å². The number of hydrogen-bond acceptors (Lipinski definition) is 1. The van der Waals surface area contributed by atoms with Crippen LogP contribution in [0.3, 0.4) is 0 Å². The SMILES string of the molecule is CCCC(CCC)(CCC)C(C)=O. The number of carbonyl (C=O) groups is 1. The van der Waals surface area contributed by atoms with Gasteiger partial charge in [-0.3, -0.25) is 4.79 Å². The molecule has 0 unspecified atom stereocenters. The summed E-state index contributed by atoms with van der Waals surface area (Å²) in [6.45, 7) is 8.27. The minimum Gasteiger partial charge on any atom is -0.299 e. The third kappa shape index (κ3) is 3.50. The van der Waals surface area contributed by atoms with Gasteiger partial charge in [-0.05, 0) is 26.2 Å². The van der Waals surface area contributed by atoms with Gasteiger partial charge in [0.25, 0.3) is 0 Å². The topological polar surface area (TPSA) is 17.1 Å². The van der Waals surface area contributed by atoms with Gasteiger partial charge in [0, 0.05) is 5.41 Å². The normalized spacial score (nSPS) is 11.7. The molecule has 0 aliphatic rings. The van der Waals surface area contributed by atoms with Crippen LogP contribution in [0.15, 0.2) is 0 Å². The molecule has 1 heteroatoms. The highest BCUT2D eigenvalue weighted by Crippen LogP contribution is 2.35. The summed E-state index contributed by atoms with van der Waals surface area (Å²) in [5, 5.41) is 0. The van der Waals surface area contributed by atoms with Crippen LogP contribution >= 0.6 is 0 Å². The predicted octanol–water partition coefficient (Wildman–Crippen LogP) is 3.96. The first-order valence-corrected chi connectivity index (χ1v) is 5.64. The Morgan fingerprint density at radius 3 is 1.38 bits per heavy atom. The summed E-state index contributed by atoms with van der Waals surface area (Å²) in [6.07, 6.45) is 6.59. The van der Waals surface area contributed by atoms with Crippen LogP contribution in [0.1, 0.15) is 66.2 Å². The summed E-state index contributed by atoms with van der Waals surface area (Å²) in [6, 6.07) is 0. The molecule has 0 heterocycles. The number of rotatable bonds is 7. The molecule has 13 heavy (non-hydrogen) atoms. The van der Waals surface area contributed by atoms with E-state index < -0.39 is 0 Å². The van der Waals surface area contributed by atoms with E-state index in [9.17, 15) is 4.79 Å². The van der Waals surface area contributed by atoms with E-state index in [1.807, 2.05) is 0 Å². The lowest BCUT2D eigenvalue weighted by atomic mass is 9.73. The first-order chi connectivity index (χ1) is 6.13. The molecule has 0 fully saturated rings. The van der Waals surface area contributed by atoms with Crippen molar-refractivity contribution < 1.29 is 4.79 Å². The smallest absolute Gasteiger partial charge is 0.135 e. The molecule has 0 aromatic rings. The lowest BCUT2D eigenvalue weighted by Crippen LogP contribution is -2.28. The Hall–Kier alpha value is -0.330. The van der Waals surface area contributed by atoms with Gasteiger partial charge in [-0.2, -0.15) is 0 Å². The Morgan fingerprint density at radius 1 is 0.923 bits per heavy atom. The standard InChI is InChI=1S/C12H24O/c1-5-8-12(9-6-2,10-7-3)11(4)13/h5-10H2,1-4H3. The van der Waals surface area contributed by atoms with E-state index in [0.29, 0.717) is 5.78 Å². The molecule has 0 aliphatic carbocycles. The van der Waals surface area contributed by atoms with Gasteiger partial charge in [-0.15, -0.1) is 0 Å². The number of Topliss-reactive ketones (excluding diaryl/α,β-unsaturated/α-hetero) is 1. The number of carbonyl (C=O) groups excluding carboxylic acids is 1. The van der Waals surface area contributed by atoms with Crippen molar-refractivity contribution in [2.75, 3.05) is 0 Å². The Kier molecular flexibility index (Phi) is 6.02. The molecule has 0 spiro atoms. The van der Waals surface area contributed by atoms with Crippen molar-refractivity contribution in [3.63, 3.8) is 0 Å². The summed E-state index contributed by atoms with van der Waals surface area (Å²) < 4.78 is 0. The lowest BCUT2D eigenvalue weighted by molar-refractivity contribution is -0.128. The van der Waals surface area contributed by atoms with Crippen LogP contribution in [0.2, 0.25) is 0 Å². The van der Waals surface area contributed by atoms with Crippen molar-refractivity contribution in [3.8, 4) is 0 Å². The van der Waals surface area contributed by atoms with Crippen LogP contribution in [-0.2, 0) is 4.79 Å². The van der Waals surface area contributed by atoms with Gasteiger partial charge >= 0.3 is 0 Å². The highest BCUT2D eigenvalue weighted by molar-refractivity contribution is 5.82. The second kappa shape index (κ2) is 6.17. The van der Waals surface area contributed by atoms with E-state index in [1.165, 1.54) is 0 Å². The summed E-state index contributed by atoms with van der Waals surface area (Å²) in [5.74, 6) is 0.401. The molecular formula is C12H24O. The van der Waals surface area contributed by atoms with Crippen LogP contribution in [0.5, 0.6) is 0 Å². The lowest BCUT2D eigenvalue weighted by Gasteiger charge is -2.30. The van der Waals surface area contributed by atoms with Gasteiger partial charge in [0.2, 0.25) is 0 Å². The van der Waals surface area contributed by atoms with E-state index in [0.717, 1.165) is 38.5 Å². The van der Waals surface area contributed by atoms with Crippen molar-refractivity contribution in [3.05, 3.63) is 0 Å². The molecule has 0 aliphatic heterocycles. The Labute approximate surface area is 82.9 Å². The van der Waals surface area contributed by atoms with Crippen LogP contribution in [-0.4, -0.2) is 5.78 Å². The largest absolute Gasteiger partial charge is 0.299 e. The van der Waals surface area contributed by atoms with Crippen LogP contribution < -0.4 is 0 Å². The summed E-state index contributed by atoms with van der Waals surface area (Å²) in [4.78, 5) is 11.6. The Bertz CT molecular complexity index is 132. The predicted molar refractivity (Wildman–Crippen MR) is 57.8 cm³/mol. The quantitative estimate of drug-likeness (QED) is 0.585. The molecular weight excluding hydrogens is 160 g/mol. The Balaban J connectivity index is 4.48. The first kappa shape index (κ1) is 12.7. The van der Waals surface area contributed by atoms with Gasteiger partial charge in [0.1, 0.15) is 5.78 Å². The molecule has 78 valence electrons. The van der Waals surface area contributed by atoms with Crippen molar-refractivity contribution in [1.29, 1.82) is 0 Å². The summed E-state index contributed by atoms with van der Waals surface area (Å²) in [5.41, 5.74) is 0.0122. The maximum atomic E-state index is 11.6. The molecule has 0 aromatic carbocycles. The fraction of sp³-hybridized carbons (Fsp3) is 0.917. The van der Waals surface area contributed by atoms with E-state index in [-0.39, 0.29) is 5.41 Å². The first-order valence-electron chi connectivity index (χ1n) is 5.64. The minimum atomic E-state index is 0.0122. The third-order valence-electron chi connectivity index (χ3n) is 2.93. The van der Waals surface area contributed by atoms with Gasteiger partial charge in [0.15, 0.2) is 0 Å². The van der Waals surface area contributed by atoms with Crippen LogP contribution in [0.25, 0.3) is 0 Å². The molecule has 0 saturated heterocycles. The molecule has 0 bridgehead atoms. The molecule has 0 radical (unpaired) electrons. The summed E-state index contributed by atoms with van der Waals surface area (Å²) in [7, 11) is 0. The zero-order chi connectivity index (χ0) is 10.3. The van der Waals surface area contributed by atoms with Crippen molar-refractivity contribution in [2.24, 2.45) is 5.41 Å². The van der Waals surface area contributed by atoms with E-state index >= 15 is 0 Å². The number of ketones is 1. The third-order valence-corrected chi connectivity index (χ3v) is 2.93. The highest BCUT2D eigenvalue weighted by Gasteiger charge is 2.31. The Morgan fingerprint density at radius 2 is 1.23 bits per heavy atom. The van der Waals surface area contributed by atoms with E-state index in [2.05, 4.69) is 20.8 Å². The second-order valence-corrected chi connectivity index (χ2v) is 4.09. The fourth-order valence-electron chi connectivity index (χ4n) is 2.34. The fourth-order valence-corrected chi connectivity index (χ4v) is 2.34. The molecule has 0 aromatic heterocycles. The minimum absolute atomic E-state index is 0.0122. The zero-order valence-corrected chi connectivity index (χ0v) is 9.65. The summed E-state index contributed by atoms with van der Waals surface area (Å²) >= 11 is 0. The second-order valence-electron chi connectivity index (χ2n) is 4.09.